The Morgan fingerprint density at radius 3 is 2.70 bits per heavy atom. The first-order valence-electron chi connectivity index (χ1n) is 6.47. The van der Waals surface area contributed by atoms with E-state index in [1.165, 1.54) is 4.90 Å². The van der Waals surface area contributed by atoms with Crippen molar-refractivity contribution in [3.8, 4) is 0 Å². The second kappa shape index (κ2) is 5.44. The fourth-order valence-corrected chi connectivity index (χ4v) is 2.08. The van der Waals surface area contributed by atoms with Crippen molar-refractivity contribution in [3.63, 3.8) is 0 Å². The van der Waals surface area contributed by atoms with Crippen molar-refractivity contribution in [2.75, 3.05) is 18.8 Å². The molecule has 1 aromatic rings. The van der Waals surface area contributed by atoms with Crippen molar-refractivity contribution < 1.29 is 14.1 Å². The normalized spacial score (nSPS) is 14.1. The maximum atomic E-state index is 13.8. The van der Waals surface area contributed by atoms with Gasteiger partial charge in [-0.3, -0.25) is 14.9 Å². The second-order valence-corrected chi connectivity index (χ2v) is 4.90. The Kier molecular flexibility index (Phi) is 3.87. The number of amides is 1. The van der Waals surface area contributed by atoms with E-state index in [1.807, 2.05) is 0 Å². The summed E-state index contributed by atoms with van der Waals surface area (Å²) in [7, 11) is 0. The van der Waals surface area contributed by atoms with E-state index >= 15 is 0 Å². The molecule has 1 saturated carbocycles. The average molecular weight is 281 g/mol. The van der Waals surface area contributed by atoms with Gasteiger partial charge in [0, 0.05) is 19.2 Å². The van der Waals surface area contributed by atoms with Crippen molar-refractivity contribution in [2.24, 2.45) is 5.92 Å². The number of nitrogen functional groups attached to an aromatic ring is 1. The number of hydrogen-bond donors (Lipinski definition) is 1. The minimum Gasteiger partial charge on any atom is -0.392 e. The third-order valence-electron chi connectivity index (χ3n) is 3.43. The predicted molar refractivity (Wildman–Crippen MR) is 71.8 cm³/mol. The van der Waals surface area contributed by atoms with Crippen LogP contribution >= 0.6 is 0 Å². The van der Waals surface area contributed by atoms with Gasteiger partial charge in [-0.15, -0.1) is 0 Å². The molecule has 1 aliphatic carbocycles. The van der Waals surface area contributed by atoms with Crippen molar-refractivity contribution in [1.29, 1.82) is 0 Å². The van der Waals surface area contributed by atoms with Gasteiger partial charge in [-0.1, -0.05) is 0 Å². The maximum absolute atomic E-state index is 13.8. The predicted octanol–water partition coefficient (Wildman–Crippen LogP) is 2.19. The molecule has 0 heterocycles. The van der Waals surface area contributed by atoms with Gasteiger partial charge in [0.2, 0.25) is 0 Å². The molecule has 0 saturated heterocycles. The molecule has 0 bridgehead atoms. The molecular formula is C13H16FN3O3. The molecule has 1 fully saturated rings. The van der Waals surface area contributed by atoms with Crippen molar-refractivity contribution in [2.45, 2.75) is 19.8 Å². The largest absolute Gasteiger partial charge is 0.392 e. The summed E-state index contributed by atoms with van der Waals surface area (Å²) in [4.78, 5) is 23.9. The lowest BCUT2D eigenvalue weighted by molar-refractivity contribution is -0.384. The van der Waals surface area contributed by atoms with Gasteiger partial charge in [0.15, 0.2) is 0 Å². The number of benzene rings is 1. The highest BCUT2D eigenvalue weighted by atomic mass is 19.1. The van der Waals surface area contributed by atoms with E-state index in [1.54, 1.807) is 6.92 Å². The molecular weight excluding hydrogens is 265 g/mol. The van der Waals surface area contributed by atoms with Crippen LogP contribution in [0, 0.1) is 21.8 Å². The lowest BCUT2D eigenvalue weighted by atomic mass is 10.1. The molecule has 0 aromatic heterocycles. The van der Waals surface area contributed by atoms with E-state index in [9.17, 15) is 19.3 Å². The molecule has 108 valence electrons. The first-order valence-corrected chi connectivity index (χ1v) is 6.47. The zero-order chi connectivity index (χ0) is 14.9. The van der Waals surface area contributed by atoms with Crippen LogP contribution in [-0.4, -0.2) is 28.8 Å². The molecule has 0 unspecified atom stereocenters. The van der Waals surface area contributed by atoms with Crippen LogP contribution in [0.1, 0.15) is 30.1 Å². The molecule has 2 rings (SSSR count). The number of nitrogens with zero attached hydrogens (tertiary/aromatic N) is 2. The number of anilines is 1. The summed E-state index contributed by atoms with van der Waals surface area (Å²) in [5.74, 6) is -0.965. The highest BCUT2D eigenvalue weighted by molar-refractivity contribution is 6.01. The molecule has 2 N–H and O–H groups in total. The van der Waals surface area contributed by atoms with Gasteiger partial charge < -0.3 is 10.6 Å². The Bertz CT molecular complexity index is 558. The molecule has 20 heavy (non-hydrogen) atoms. The van der Waals surface area contributed by atoms with E-state index in [0.717, 1.165) is 25.0 Å². The summed E-state index contributed by atoms with van der Waals surface area (Å²) in [5, 5.41) is 10.8. The standard InChI is InChI=1S/C13H16FN3O3/c1-2-16(7-8-3-4-8)13(18)11-9(14)5-6-10(12(11)15)17(19)20/h5-6,8H,2-4,7,15H2,1H3. The molecule has 6 nitrogen and oxygen atoms in total. The maximum Gasteiger partial charge on any atom is 0.293 e. The lowest BCUT2D eigenvalue weighted by Crippen LogP contribution is -2.34. The first kappa shape index (κ1) is 14.2. The summed E-state index contributed by atoms with van der Waals surface area (Å²) in [5.41, 5.74) is 4.34. The molecule has 1 amide bonds. The first-order chi connectivity index (χ1) is 9.45. The lowest BCUT2D eigenvalue weighted by Gasteiger charge is -2.21. The van der Waals surface area contributed by atoms with Gasteiger partial charge in [-0.25, -0.2) is 4.39 Å². The molecule has 0 radical (unpaired) electrons. The number of carbonyl (C=O) groups excluding carboxylic acids is 1. The average Bonchev–Trinajstić information content (AvgIpc) is 3.19. The SMILES string of the molecule is CCN(CC1CC1)C(=O)c1c(F)ccc([N+](=O)[O-])c1N. The molecule has 1 aliphatic rings. The van der Waals surface area contributed by atoms with Crippen molar-refractivity contribution in [3.05, 3.63) is 33.6 Å². The molecule has 0 spiro atoms. The third-order valence-corrected chi connectivity index (χ3v) is 3.43. The van der Waals surface area contributed by atoms with Crippen LogP contribution in [0.3, 0.4) is 0 Å². The van der Waals surface area contributed by atoms with Crippen LogP contribution in [0.25, 0.3) is 0 Å². The quantitative estimate of drug-likeness (QED) is 0.509. The van der Waals surface area contributed by atoms with Crippen LogP contribution in [0.4, 0.5) is 15.8 Å². The van der Waals surface area contributed by atoms with Crippen molar-refractivity contribution >= 4 is 17.3 Å². The smallest absolute Gasteiger partial charge is 0.293 e. The van der Waals surface area contributed by atoms with Crippen LogP contribution in [0.15, 0.2) is 12.1 Å². The zero-order valence-corrected chi connectivity index (χ0v) is 11.1. The fourth-order valence-electron chi connectivity index (χ4n) is 2.08. The summed E-state index contributed by atoms with van der Waals surface area (Å²) in [6.07, 6.45) is 2.10. The van der Waals surface area contributed by atoms with E-state index < -0.39 is 33.6 Å². The number of carbonyl (C=O) groups is 1. The number of nitro benzene ring substituents is 1. The Hall–Kier alpha value is -2.18. The Balaban J connectivity index is 2.36. The second-order valence-electron chi connectivity index (χ2n) is 4.90. The van der Waals surface area contributed by atoms with Gasteiger partial charge in [0.05, 0.1) is 4.92 Å². The highest BCUT2D eigenvalue weighted by Crippen LogP contribution is 2.32. The van der Waals surface area contributed by atoms with Crippen LogP contribution in [-0.2, 0) is 0 Å². The van der Waals surface area contributed by atoms with E-state index in [-0.39, 0.29) is 0 Å². The van der Waals surface area contributed by atoms with Gasteiger partial charge >= 0.3 is 0 Å². The minimum atomic E-state index is -0.827. The molecule has 0 aliphatic heterocycles. The summed E-state index contributed by atoms with van der Waals surface area (Å²) in [6, 6.07) is 1.88. The monoisotopic (exact) mass is 281 g/mol. The van der Waals surface area contributed by atoms with Crippen LogP contribution in [0.2, 0.25) is 0 Å². The summed E-state index contributed by atoms with van der Waals surface area (Å²) in [6.45, 7) is 2.74. The number of hydrogen-bond acceptors (Lipinski definition) is 4. The Labute approximate surface area is 115 Å². The van der Waals surface area contributed by atoms with Gasteiger partial charge in [0.1, 0.15) is 17.1 Å². The topological polar surface area (TPSA) is 89.5 Å². The molecule has 0 atom stereocenters. The minimum absolute atomic E-state index is 0.401. The van der Waals surface area contributed by atoms with Crippen LogP contribution < -0.4 is 5.73 Å². The fraction of sp³-hybridized carbons (Fsp3) is 0.462. The number of rotatable bonds is 5. The molecule has 1 aromatic carbocycles. The van der Waals surface area contributed by atoms with E-state index in [2.05, 4.69) is 0 Å². The van der Waals surface area contributed by atoms with E-state index in [4.69, 9.17) is 5.73 Å². The van der Waals surface area contributed by atoms with Gasteiger partial charge in [-0.2, -0.15) is 0 Å². The summed E-state index contributed by atoms with van der Waals surface area (Å²) >= 11 is 0. The van der Waals surface area contributed by atoms with E-state index in [0.29, 0.717) is 19.0 Å². The Morgan fingerprint density at radius 1 is 1.55 bits per heavy atom. The third kappa shape index (κ3) is 2.71. The molecule has 7 heteroatoms. The summed E-state index contributed by atoms with van der Waals surface area (Å²) < 4.78 is 13.8. The number of nitrogens with two attached hydrogens (primary N) is 1. The van der Waals surface area contributed by atoms with Gasteiger partial charge in [-0.05, 0) is 31.7 Å². The Morgan fingerprint density at radius 2 is 2.20 bits per heavy atom. The number of nitro groups is 1. The highest BCUT2D eigenvalue weighted by Gasteiger charge is 2.30. The van der Waals surface area contributed by atoms with Crippen LogP contribution in [0.5, 0.6) is 0 Å². The van der Waals surface area contributed by atoms with Gasteiger partial charge in [0.25, 0.3) is 11.6 Å². The zero-order valence-electron chi connectivity index (χ0n) is 11.1. The number of halogens is 1. The van der Waals surface area contributed by atoms with Crippen molar-refractivity contribution in [1.82, 2.24) is 4.90 Å².